The van der Waals surface area contributed by atoms with Crippen LogP contribution in [0.2, 0.25) is 0 Å². The molecule has 1 N–H and O–H groups in total. The maximum atomic E-state index is 11.8. The number of rotatable bonds is 7. The number of nitrogens with zero attached hydrogens (tertiary/aromatic N) is 4. The molecule has 0 atom stereocenters. The summed E-state index contributed by atoms with van der Waals surface area (Å²) in [7, 11) is 0. The van der Waals surface area contributed by atoms with Crippen molar-refractivity contribution in [2.45, 2.75) is 13.3 Å². The van der Waals surface area contributed by atoms with Crippen molar-refractivity contribution in [2.75, 3.05) is 39.3 Å². The van der Waals surface area contributed by atoms with Crippen LogP contribution in [0.5, 0.6) is 0 Å². The fourth-order valence-corrected chi connectivity index (χ4v) is 2.40. The zero-order valence-electron chi connectivity index (χ0n) is 13.1. The molecule has 1 fully saturated rings. The number of nitrogens with one attached hydrogen (secondary N) is 1. The van der Waals surface area contributed by atoms with Crippen molar-refractivity contribution in [2.24, 2.45) is 5.10 Å². The number of hydrogen-bond acceptors (Lipinski definition) is 7. The molecule has 1 aliphatic rings. The van der Waals surface area contributed by atoms with Crippen LogP contribution < -0.4 is 5.43 Å². The standard InChI is InChI=1S/C14H21N5O4/c1-2-5-17-6-8-18(9-7-17)11-13(20)16-15-10-12-3-4-14(23-12)19(21)22/h3-4,10H,2,5-9,11H2,1H3,(H,16,20)/b15-10-. The van der Waals surface area contributed by atoms with Crippen molar-refractivity contribution < 1.29 is 14.1 Å². The van der Waals surface area contributed by atoms with Crippen molar-refractivity contribution in [3.63, 3.8) is 0 Å². The minimum absolute atomic E-state index is 0.213. The van der Waals surface area contributed by atoms with Gasteiger partial charge in [0.1, 0.15) is 4.92 Å². The normalized spacial score (nSPS) is 16.7. The van der Waals surface area contributed by atoms with Crippen molar-refractivity contribution in [1.82, 2.24) is 15.2 Å². The summed E-state index contributed by atoms with van der Waals surface area (Å²) in [5.74, 6) is -0.362. The molecule has 9 heteroatoms. The van der Waals surface area contributed by atoms with E-state index in [-0.39, 0.29) is 24.1 Å². The SMILES string of the molecule is CCCN1CCN(CC(=O)N/N=C\c2ccc([N+](=O)[O-])o2)CC1. The maximum Gasteiger partial charge on any atom is 0.433 e. The summed E-state index contributed by atoms with van der Waals surface area (Å²) in [5, 5.41) is 14.2. The summed E-state index contributed by atoms with van der Waals surface area (Å²) in [6.45, 7) is 7.21. The molecule has 0 bridgehead atoms. The van der Waals surface area contributed by atoms with E-state index in [9.17, 15) is 14.9 Å². The van der Waals surface area contributed by atoms with Gasteiger partial charge in [0.15, 0.2) is 5.76 Å². The Hall–Kier alpha value is -2.26. The molecule has 126 valence electrons. The summed E-state index contributed by atoms with van der Waals surface area (Å²) in [4.78, 5) is 26.1. The van der Waals surface area contributed by atoms with Crippen molar-refractivity contribution >= 4 is 18.0 Å². The molecule has 23 heavy (non-hydrogen) atoms. The number of furan rings is 1. The summed E-state index contributed by atoms with van der Waals surface area (Å²) in [6.07, 6.45) is 2.38. The van der Waals surface area contributed by atoms with Crippen LogP contribution in [0.3, 0.4) is 0 Å². The molecule has 1 aromatic rings. The summed E-state index contributed by atoms with van der Waals surface area (Å²) < 4.78 is 4.90. The van der Waals surface area contributed by atoms with Gasteiger partial charge in [-0.2, -0.15) is 5.10 Å². The van der Waals surface area contributed by atoms with Gasteiger partial charge in [-0.05, 0) is 19.0 Å². The van der Waals surface area contributed by atoms with Gasteiger partial charge in [0.05, 0.1) is 18.8 Å². The number of carbonyl (C=O) groups excluding carboxylic acids is 1. The van der Waals surface area contributed by atoms with Crippen molar-refractivity contribution in [3.05, 3.63) is 28.0 Å². The van der Waals surface area contributed by atoms with E-state index in [1.54, 1.807) is 0 Å². The smallest absolute Gasteiger partial charge is 0.400 e. The number of nitro groups is 1. The number of hydrogen-bond donors (Lipinski definition) is 1. The monoisotopic (exact) mass is 323 g/mol. The third-order valence-corrected chi connectivity index (χ3v) is 3.55. The Morgan fingerprint density at radius 2 is 2.09 bits per heavy atom. The fourth-order valence-electron chi connectivity index (χ4n) is 2.40. The second-order valence-electron chi connectivity index (χ2n) is 5.34. The summed E-state index contributed by atoms with van der Waals surface area (Å²) >= 11 is 0. The van der Waals surface area contributed by atoms with Gasteiger partial charge < -0.3 is 9.32 Å². The van der Waals surface area contributed by atoms with Crippen molar-refractivity contribution in [3.8, 4) is 0 Å². The molecular weight excluding hydrogens is 302 g/mol. The topological polar surface area (TPSA) is 104 Å². The zero-order chi connectivity index (χ0) is 16.7. The van der Waals surface area contributed by atoms with Crippen LogP contribution in [0.4, 0.5) is 5.88 Å². The van der Waals surface area contributed by atoms with Crippen LogP contribution in [0.1, 0.15) is 19.1 Å². The number of amides is 1. The molecule has 2 heterocycles. The van der Waals surface area contributed by atoms with Crippen LogP contribution in [0.15, 0.2) is 21.7 Å². The molecule has 1 saturated heterocycles. The highest BCUT2D eigenvalue weighted by atomic mass is 16.6. The van der Waals surface area contributed by atoms with E-state index >= 15 is 0 Å². The molecule has 0 aliphatic carbocycles. The average molecular weight is 323 g/mol. The second-order valence-corrected chi connectivity index (χ2v) is 5.34. The van der Waals surface area contributed by atoms with Crippen LogP contribution >= 0.6 is 0 Å². The van der Waals surface area contributed by atoms with Gasteiger partial charge in [0.25, 0.3) is 5.91 Å². The predicted molar refractivity (Wildman–Crippen MR) is 84.3 cm³/mol. The molecule has 1 amide bonds. The van der Waals surface area contributed by atoms with Gasteiger partial charge in [0.2, 0.25) is 0 Å². The third-order valence-electron chi connectivity index (χ3n) is 3.55. The molecule has 1 aliphatic heterocycles. The van der Waals surface area contributed by atoms with Crippen molar-refractivity contribution in [1.29, 1.82) is 0 Å². The Morgan fingerprint density at radius 1 is 1.39 bits per heavy atom. The van der Waals surface area contributed by atoms with E-state index in [4.69, 9.17) is 4.42 Å². The molecule has 0 unspecified atom stereocenters. The zero-order valence-corrected chi connectivity index (χ0v) is 13.1. The molecular formula is C14H21N5O4. The van der Waals surface area contributed by atoms with Gasteiger partial charge in [-0.1, -0.05) is 6.92 Å². The lowest BCUT2D eigenvalue weighted by molar-refractivity contribution is -0.402. The maximum absolute atomic E-state index is 11.8. The predicted octanol–water partition coefficient (Wildman–Crippen LogP) is 0.666. The Bertz CT molecular complexity index is 563. The summed E-state index contributed by atoms with van der Waals surface area (Å²) in [6, 6.07) is 2.65. The number of piperazine rings is 1. The highest BCUT2D eigenvalue weighted by Gasteiger charge is 2.18. The third kappa shape index (κ3) is 5.46. The first kappa shape index (κ1) is 17.1. The van der Waals surface area contributed by atoms with Gasteiger partial charge in [0, 0.05) is 26.2 Å². The van der Waals surface area contributed by atoms with Crippen LogP contribution in [0, 0.1) is 10.1 Å². The minimum Gasteiger partial charge on any atom is -0.400 e. The average Bonchev–Trinajstić information content (AvgIpc) is 2.99. The molecule has 0 radical (unpaired) electrons. The second kappa shape index (κ2) is 8.39. The quantitative estimate of drug-likeness (QED) is 0.449. The Morgan fingerprint density at radius 3 is 2.70 bits per heavy atom. The lowest BCUT2D eigenvalue weighted by Gasteiger charge is -2.33. The van der Waals surface area contributed by atoms with E-state index in [0.29, 0.717) is 0 Å². The molecule has 0 saturated carbocycles. The van der Waals surface area contributed by atoms with E-state index in [2.05, 4.69) is 27.3 Å². The lowest BCUT2D eigenvalue weighted by Crippen LogP contribution is -2.49. The Kier molecular flexibility index (Phi) is 6.24. The molecule has 2 rings (SSSR count). The number of carbonyl (C=O) groups is 1. The Labute approximate surface area is 134 Å². The lowest BCUT2D eigenvalue weighted by atomic mass is 10.3. The Balaban J connectivity index is 1.70. The largest absolute Gasteiger partial charge is 0.433 e. The minimum atomic E-state index is -0.631. The van der Waals surface area contributed by atoms with Gasteiger partial charge >= 0.3 is 5.88 Å². The van der Waals surface area contributed by atoms with Crippen LogP contribution in [0.25, 0.3) is 0 Å². The molecule has 0 spiro atoms. The number of hydrazone groups is 1. The highest BCUT2D eigenvalue weighted by molar-refractivity contribution is 5.81. The first-order valence-corrected chi connectivity index (χ1v) is 7.59. The van der Waals surface area contributed by atoms with Crippen LogP contribution in [-0.4, -0.2) is 66.1 Å². The highest BCUT2D eigenvalue weighted by Crippen LogP contribution is 2.13. The van der Waals surface area contributed by atoms with Gasteiger partial charge in [-0.15, -0.1) is 0 Å². The molecule has 9 nitrogen and oxygen atoms in total. The first-order chi connectivity index (χ1) is 11.1. The van der Waals surface area contributed by atoms with E-state index in [1.165, 1.54) is 18.3 Å². The van der Waals surface area contributed by atoms with Gasteiger partial charge in [-0.3, -0.25) is 19.8 Å². The van der Waals surface area contributed by atoms with E-state index in [1.807, 2.05) is 0 Å². The molecule has 0 aromatic carbocycles. The van der Waals surface area contributed by atoms with E-state index < -0.39 is 4.92 Å². The summed E-state index contributed by atoms with van der Waals surface area (Å²) in [5.41, 5.74) is 2.40. The van der Waals surface area contributed by atoms with Crippen LogP contribution in [-0.2, 0) is 4.79 Å². The van der Waals surface area contributed by atoms with E-state index in [0.717, 1.165) is 39.1 Å². The fraction of sp³-hybridized carbons (Fsp3) is 0.571. The first-order valence-electron chi connectivity index (χ1n) is 7.59. The molecule has 1 aromatic heterocycles. The van der Waals surface area contributed by atoms with Gasteiger partial charge in [-0.25, -0.2) is 5.43 Å².